The molecule has 88 valence electrons. The molecule has 0 unspecified atom stereocenters. The molecule has 0 heterocycles. The molecule has 1 fully saturated rings. The quantitative estimate of drug-likeness (QED) is 0.390. The first-order valence-electron chi connectivity index (χ1n) is 6.37. The second kappa shape index (κ2) is 4.20. The maximum atomic E-state index is 10.8. The number of hydrogen-bond acceptors (Lipinski definition) is 1. The number of carbonyl (C=O) groups excluding carboxylic acids is 1. The fraction of sp³-hybridized carbons (Fsp3) is 0.667. The Balaban J connectivity index is 2.18. The molecule has 0 aromatic rings. The van der Waals surface area contributed by atoms with Crippen molar-refractivity contribution in [2.75, 3.05) is 0 Å². The standard InChI is InChI=1S/C15H22O/c1-11-5-4-7-15(3)8-6-13(9-14(11)15)12(2)10-16/h5,10,13-14H,2,4,6-9H2,1,3H3/t13-,14+,15-/m1/s1. The van der Waals surface area contributed by atoms with Crippen LogP contribution in [-0.4, -0.2) is 6.29 Å². The zero-order valence-corrected chi connectivity index (χ0v) is 10.5. The van der Waals surface area contributed by atoms with E-state index in [-0.39, 0.29) is 0 Å². The molecular formula is C15H22O. The van der Waals surface area contributed by atoms with E-state index in [1.54, 1.807) is 0 Å². The van der Waals surface area contributed by atoms with Gasteiger partial charge in [-0.3, -0.25) is 4.79 Å². The fourth-order valence-corrected chi connectivity index (χ4v) is 3.60. The molecule has 0 amide bonds. The molecule has 0 aliphatic heterocycles. The second-order valence-electron chi connectivity index (χ2n) is 5.86. The average molecular weight is 218 g/mol. The molecule has 0 saturated heterocycles. The van der Waals surface area contributed by atoms with Crippen molar-refractivity contribution in [3.8, 4) is 0 Å². The molecule has 1 saturated carbocycles. The summed E-state index contributed by atoms with van der Waals surface area (Å²) in [6.07, 6.45) is 9.43. The lowest BCUT2D eigenvalue weighted by molar-refractivity contribution is -0.105. The smallest absolute Gasteiger partial charge is 0.145 e. The van der Waals surface area contributed by atoms with Gasteiger partial charge in [0.1, 0.15) is 6.29 Å². The highest BCUT2D eigenvalue weighted by atomic mass is 16.1. The number of allylic oxidation sites excluding steroid dienone is 3. The minimum atomic E-state index is 0.428. The Kier molecular flexibility index (Phi) is 3.05. The van der Waals surface area contributed by atoms with E-state index >= 15 is 0 Å². The molecule has 3 atom stereocenters. The summed E-state index contributed by atoms with van der Waals surface area (Å²) >= 11 is 0. The molecule has 0 aromatic carbocycles. The molecular weight excluding hydrogens is 196 g/mol. The van der Waals surface area contributed by atoms with E-state index in [9.17, 15) is 4.79 Å². The average Bonchev–Trinajstić information content (AvgIpc) is 2.27. The molecule has 1 nitrogen and oxygen atoms in total. The first-order valence-corrected chi connectivity index (χ1v) is 6.37. The molecule has 0 bridgehead atoms. The van der Waals surface area contributed by atoms with Crippen LogP contribution in [0.25, 0.3) is 0 Å². The van der Waals surface area contributed by atoms with E-state index in [0.717, 1.165) is 24.7 Å². The Morgan fingerprint density at radius 3 is 3.00 bits per heavy atom. The van der Waals surface area contributed by atoms with E-state index in [0.29, 0.717) is 17.3 Å². The first-order chi connectivity index (χ1) is 7.57. The molecule has 2 aliphatic rings. The van der Waals surface area contributed by atoms with Crippen molar-refractivity contribution >= 4 is 6.29 Å². The largest absolute Gasteiger partial charge is 0.298 e. The predicted molar refractivity (Wildman–Crippen MR) is 67.1 cm³/mol. The monoisotopic (exact) mass is 218 g/mol. The van der Waals surface area contributed by atoms with Crippen LogP contribution >= 0.6 is 0 Å². The van der Waals surface area contributed by atoms with E-state index in [4.69, 9.17) is 0 Å². The maximum Gasteiger partial charge on any atom is 0.145 e. The van der Waals surface area contributed by atoms with E-state index in [2.05, 4.69) is 26.5 Å². The second-order valence-corrected chi connectivity index (χ2v) is 5.86. The lowest BCUT2D eigenvalue weighted by Gasteiger charge is -2.47. The van der Waals surface area contributed by atoms with E-state index < -0.39 is 0 Å². The predicted octanol–water partition coefficient (Wildman–Crippen LogP) is 3.90. The minimum absolute atomic E-state index is 0.428. The molecule has 1 heteroatoms. The van der Waals surface area contributed by atoms with E-state index in [1.807, 2.05) is 0 Å². The third-order valence-electron chi connectivity index (χ3n) is 4.83. The number of rotatable bonds is 2. The normalized spacial score (nSPS) is 38.5. The number of carbonyl (C=O) groups is 1. The summed E-state index contributed by atoms with van der Waals surface area (Å²) in [6.45, 7) is 8.58. The SMILES string of the molecule is C=C(C=O)[C@@H]1CC[C@@]2(C)CCC=C(C)[C@@H]2C1. The van der Waals surface area contributed by atoms with Crippen LogP contribution in [0, 0.1) is 17.3 Å². The first kappa shape index (κ1) is 11.6. The van der Waals surface area contributed by atoms with Crippen LogP contribution in [0.3, 0.4) is 0 Å². The molecule has 0 radical (unpaired) electrons. The Labute approximate surface area is 98.6 Å². The Morgan fingerprint density at radius 2 is 2.31 bits per heavy atom. The Morgan fingerprint density at radius 1 is 1.56 bits per heavy atom. The van der Waals surface area contributed by atoms with Crippen molar-refractivity contribution in [1.29, 1.82) is 0 Å². The van der Waals surface area contributed by atoms with Gasteiger partial charge in [-0.25, -0.2) is 0 Å². The van der Waals surface area contributed by atoms with Gasteiger partial charge < -0.3 is 0 Å². The molecule has 16 heavy (non-hydrogen) atoms. The summed E-state index contributed by atoms with van der Waals surface area (Å²) in [6, 6.07) is 0. The molecule has 0 spiro atoms. The third-order valence-corrected chi connectivity index (χ3v) is 4.83. The van der Waals surface area contributed by atoms with Gasteiger partial charge in [0.25, 0.3) is 0 Å². The molecule has 0 N–H and O–H groups in total. The van der Waals surface area contributed by atoms with Crippen molar-refractivity contribution in [2.45, 2.75) is 46.0 Å². The van der Waals surface area contributed by atoms with Gasteiger partial charge in [-0.05, 0) is 61.9 Å². The van der Waals surface area contributed by atoms with Crippen LogP contribution in [-0.2, 0) is 4.79 Å². The highest BCUT2D eigenvalue weighted by Gasteiger charge is 2.42. The van der Waals surface area contributed by atoms with Gasteiger partial charge in [-0.1, -0.05) is 25.2 Å². The minimum Gasteiger partial charge on any atom is -0.298 e. The highest BCUT2D eigenvalue weighted by Crippen LogP contribution is 2.52. The van der Waals surface area contributed by atoms with Gasteiger partial charge in [0, 0.05) is 0 Å². The summed E-state index contributed by atoms with van der Waals surface area (Å²) < 4.78 is 0. The van der Waals surface area contributed by atoms with Gasteiger partial charge in [0.05, 0.1) is 0 Å². The zero-order chi connectivity index (χ0) is 11.8. The maximum absolute atomic E-state index is 10.8. The van der Waals surface area contributed by atoms with Gasteiger partial charge >= 0.3 is 0 Å². The van der Waals surface area contributed by atoms with Crippen molar-refractivity contribution in [1.82, 2.24) is 0 Å². The lowest BCUT2D eigenvalue weighted by Crippen LogP contribution is -2.37. The van der Waals surface area contributed by atoms with Crippen LogP contribution in [0.5, 0.6) is 0 Å². The van der Waals surface area contributed by atoms with Gasteiger partial charge in [-0.2, -0.15) is 0 Å². The van der Waals surface area contributed by atoms with Crippen molar-refractivity contribution in [3.63, 3.8) is 0 Å². The molecule has 0 aromatic heterocycles. The van der Waals surface area contributed by atoms with E-state index in [1.165, 1.54) is 24.8 Å². The highest BCUT2D eigenvalue weighted by molar-refractivity contribution is 5.72. The topological polar surface area (TPSA) is 17.1 Å². The van der Waals surface area contributed by atoms with Crippen LogP contribution in [0.1, 0.15) is 46.0 Å². The van der Waals surface area contributed by atoms with Gasteiger partial charge in [0.15, 0.2) is 0 Å². The van der Waals surface area contributed by atoms with Gasteiger partial charge in [0.2, 0.25) is 0 Å². The summed E-state index contributed by atoms with van der Waals surface area (Å²) in [5.41, 5.74) is 2.83. The fourth-order valence-electron chi connectivity index (χ4n) is 3.60. The molecule has 2 aliphatic carbocycles. The summed E-state index contributed by atoms with van der Waals surface area (Å²) in [7, 11) is 0. The van der Waals surface area contributed by atoms with Crippen LogP contribution in [0.15, 0.2) is 23.8 Å². The number of hydrogen-bond donors (Lipinski definition) is 0. The van der Waals surface area contributed by atoms with Crippen molar-refractivity contribution < 1.29 is 4.79 Å². The van der Waals surface area contributed by atoms with Crippen LogP contribution in [0.4, 0.5) is 0 Å². The van der Waals surface area contributed by atoms with Gasteiger partial charge in [-0.15, -0.1) is 0 Å². The zero-order valence-electron chi connectivity index (χ0n) is 10.5. The summed E-state index contributed by atoms with van der Waals surface area (Å²) in [5.74, 6) is 1.11. The Hall–Kier alpha value is -0.850. The Bertz CT molecular complexity index is 339. The lowest BCUT2D eigenvalue weighted by atomic mass is 9.57. The van der Waals surface area contributed by atoms with Crippen LogP contribution < -0.4 is 0 Å². The van der Waals surface area contributed by atoms with Crippen LogP contribution in [0.2, 0.25) is 0 Å². The third kappa shape index (κ3) is 1.88. The van der Waals surface area contributed by atoms with Crippen molar-refractivity contribution in [3.05, 3.63) is 23.8 Å². The molecule has 2 rings (SSSR count). The number of aldehydes is 1. The summed E-state index contributed by atoms with van der Waals surface area (Å²) in [4.78, 5) is 10.8. The van der Waals surface area contributed by atoms with Crippen molar-refractivity contribution in [2.24, 2.45) is 17.3 Å². The number of fused-ring (bicyclic) bond motifs is 1. The summed E-state index contributed by atoms with van der Waals surface area (Å²) in [5, 5.41) is 0.